The van der Waals surface area contributed by atoms with Crippen LogP contribution >= 0.6 is 15.9 Å². The van der Waals surface area contributed by atoms with E-state index in [1.54, 1.807) is 0 Å². The Hall–Kier alpha value is -1.30. The van der Waals surface area contributed by atoms with Crippen molar-refractivity contribution >= 4 is 15.9 Å². The molecule has 20 heavy (non-hydrogen) atoms. The molecule has 0 bridgehead atoms. The fourth-order valence-corrected chi connectivity index (χ4v) is 2.85. The normalized spacial score (nSPS) is 14.9. The van der Waals surface area contributed by atoms with E-state index in [1.807, 2.05) is 12.1 Å². The molecule has 1 atom stereocenters. The lowest BCUT2D eigenvalue weighted by molar-refractivity contribution is 0.356. The van der Waals surface area contributed by atoms with Crippen LogP contribution in [0.3, 0.4) is 0 Å². The summed E-state index contributed by atoms with van der Waals surface area (Å²) in [5.41, 5.74) is 5.43. The van der Waals surface area contributed by atoms with E-state index < -0.39 is 0 Å². The minimum atomic E-state index is 0.0193. The second-order valence-corrected chi connectivity index (χ2v) is 5.72. The molecule has 4 nitrogen and oxygen atoms in total. The lowest BCUT2D eigenvalue weighted by Crippen LogP contribution is -2.28. The van der Waals surface area contributed by atoms with Crippen molar-refractivity contribution in [3.63, 3.8) is 0 Å². The van der Waals surface area contributed by atoms with Gasteiger partial charge in [0.05, 0.1) is 12.6 Å². The van der Waals surface area contributed by atoms with E-state index in [9.17, 15) is 0 Å². The number of nitrogens with two attached hydrogens (primary N) is 1. The number of hydrogen-bond donors (Lipinski definition) is 2. The maximum atomic E-state index is 5.62. The molecule has 0 fully saturated rings. The molecule has 3 rings (SSSR count). The predicted octanol–water partition coefficient (Wildman–Crippen LogP) is 3.11. The number of ether oxygens (including phenoxy) is 1. The van der Waals surface area contributed by atoms with Gasteiger partial charge in [-0.15, -0.1) is 0 Å². The van der Waals surface area contributed by atoms with Crippen molar-refractivity contribution in [2.75, 3.05) is 6.61 Å². The SMILES string of the molecule is NNC(CCc1ccc2c(c1)CCO2)c1ccc(Br)o1. The Labute approximate surface area is 126 Å². The summed E-state index contributed by atoms with van der Waals surface area (Å²) in [6.07, 6.45) is 2.84. The summed E-state index contributed by atoms with van der Waals surface area (Å²) in [5, 5.41) is 0. The van der Waals surface area contributed by atoms with Gasteiger partial charge in [0.2, 0.25) is 0 Å². The van der Waals surface area contributed by atoms with Gasteiger partial charge in [-0.3, -0.25) is 5.84 Å². The molecule has 0 saturated heterocycles. The third-order valence-electron chi connectivity index (χ3n) is 3.61. The molecule has 0 aliphatic carbocycles. The summed E-state index contributed by atoms with van der Waals surface area (Å²) >= 11 is 3.31. The van der Waals surface area contributed by atoms with E-state index in [0.717, 1.165) is 42.0 Å². The lowest BCUT2D eigenvalue weighted by atomic mass is 10.0. The number of hydrazine groups is 1. The summed E-state index contributed by atoms with van der Waals surface area (Å²) in [7, 11) is 0. The zero-order valence-corrected chi connectivity index (χ0v) is 12.7. The summed E-state index contributed by atoms with van der Waals surface area (Å²) in [5.74, 6) is 7.50. The number of nitrogens with one attached hydrogen (secondary N) is 1. The van der Waals surface area contributed by atoms with Gasteiger partial charge in [0.1, 0.15) is 11.5 Å². The minimum Gasteiger partial charge on any atom is -0.493 e. The van der Waals surface area contributed by atoms with E-state index in [1.165, 1.54) is 11.1 Å². The Morgan fingerprint density at radius 3 is 2.95 bits per heavy atom. The molecule has 1 aromatic carbocycles. The van der Waals surface area contributed by atoms with Crippen LogP contribution in [0, 0.1) is 0 Å². The van der Waals surface area contributed by atoms with E-state index >= 15 is 0 Å². The van der Waals surface area contributed by atoms with Crippen molar-refractivity contribution < 1.29 is 9.15 Å². The molecule has 1 aliphatic heterocycles. The highest BCUT2D eigenvalue weighted by Crippen LogP contribution is 2.28. The van der Waals surface area contributed by atoms with Gasteiger partial charge in [0.15, 0.2) is 4.67 Å². The van der Waals surface area contributed by atoms with Crippen LogP contribution in [0.25, 0.3) is 0 Å². The average Bonchev–Trinajstić information content (AvgIpc) is 3.08. The van der Waals surface area contributed by atoms with Crippen LogP contribution in [0.4, 0.5) is 0 Å². The molecule has 1 unspecified atom stereocenters. The van der Waals surface area contributed by atoms with Crippen LogP contribution in [-0.4, -0.2) is 6.61 Å². The van der Waals surface area contributed by atoms with Crippen molar-refractivity contribution in [3.05, 3.63) is 51.9 Å². The first-order valence-electron chi connectivity index (χ1n) is 6.72. The van der Waals surface area contributed by atoms with Gasteiger partial charge < -0.3 is 9.15 Å². The third kappa shape index (κ3) is 2.90. The summed E-state index contributed by atoms with van der Waals surface area (Å²) in [6.45, 7) is 0.798. The zero-order chi connectivity index (χ0) is 13.9. The number of furan rings is 1. The minimum absolute atomic E-state index is 0.0193. The standard InChI is InChI=1S/C15H17BrN2O2/c16-15-6-5-14(20-15)12(18-17)3-1-10-2-4-13-11(9-10)7-8-19-13/h2,4-6,9,12,18H,1,3,7-8,17H2. The predicted molar refractivity (Wildman–Crippen MR) is 80.4 cm³/mol. The van der Waals surface area contributed by atoms with Gasteiger partial charge in [-0.05, 0) is 58.1 Å². The van der Waals surface area contributed by atoms with Crippen LogP contribution < -0.4 is 16.0 Å². The number of fused-ring (bicyclic) bond motifs is 1. The summed E-state index contributed by atoms with van der Waals surface area (Å²) < 4.78 is 11.8. The Bertz CT molecular complexity index is 597. The number of aryl methyl sites for hydroxylation is 1. The van der Waals surface area contributed by atoms with E-state index in [4.69, 9.17) is 15.0 Å². The van der Waals surface area contributed by atoms with Crippen molar-refractivity contribution in [1.82, 2.24) is 5.43 Å². The molecule has 2 aromatic rings. The van der Waals surface area contributed by atoms with Crippen molar-refractivity contribution in [2.45, 2.75) is 25.3 Å². The molecule has 0 amide bonds. The molecule has 1 aromatic heterocycles. The maximum Gasteiger partial charge on any atom is 0.169 e. The van der Waals surface area contributed by atoms with Crippen molar-refractivity contribution in [1.29, 1.82) is 0 Å². The second kappa shape index (κ2) is 5.99. The maximum absolute atomic E-state index is 5.62. The van der Waals surface area contributed by atoms with E-state index in [-0.39, 0.29) is 6.04 Å². The number of hydrogen-bond acceptors (Lipinski definition) is 4. The molecule has 3 N–H and O–H groups in total. The fraction of sp³-hybridized carbons (Fsp3) is 0.333. The first kappa shape index (κ1) is 13.7. The Balaban J connectivity index is 1.66. The summed E-state index contributed by atoms with van der Waals surface area (Å²) in [4.78, 5) is 0. The third-order valence-corrected chi connectivity index (χ3v) is 4.04. The molecule has 0 spiro atoms. The molecular weight excluding hydrogens is 320 g/mol. The first-order valence-corrected chi connectivity index (χ1v) is 7.51. The van der Waals surface area contributed by atoms with Gasteiger partial charge in [0.25, 0.3) is 0 Å². The smallest absolute Gasteiger partial charge is 0.169 e. The topological polar surface area (TPSA) is 60.4 Å². The Kier molecular flexibility index (Phi) is 4.10. The molecule has 0 saturated carbocycles. The van der Waals surface area contributed by atoms with Gasteiger partial charge in [-0.1, -0.05) is 12.1 Å². The summed E-state index contributed by atoms with van der Waals surface area (Å²) in [6, 6.07) is 10.2. The molecular formula is C15H17BrN2O2. The molecule has 0 radical (unpaired) electrons. The monoisotopic (exact) mass is 336 g/mol. The van der Waals surface area contributed by atoms with Crippen molar-refractivity contribution in [2.24, 2.45) is 5.84 Å². The highest BCUT2D eigenvalue weighted by atomic mass is 79.9. The van der Waals surface area contributed by atoms with Gasteiger partial charge in [-0.25, -0.2) is 5.43 Å². The number of benzene rings is 1. The highest BCUT2D eigenvalue weighted by Gasteiger charge is 2.15. The second-order valence-electron chi connectivity index (χ2n) is 4.94. The Morgan fingerprint density at radius 1 is 1.30 bits per heavy atom. The van der Waals surface area contributed by atoms with Crippen LogP contribution in [0.1, 0.15) is 29.3 Å². The van der Waals surface area contributed by atoms with Gasteiger partial charge >= 0.3 is 0 Å². The molecule has 106 valence electrons. The van der Waals surface area contributed by atoms with Crippen LogP contribution in [-0.2, 0) is 12.8 Å². The van der Waals surface area contributed by atoms with Gasteiger partial charge in [0, 0.05) is 6.42 Å². The lowest BCUT2D eigenvalue weighted by Gasteiger charge is -2.13. The Morgan fingerprint density at radius 2 is 2.20 bits per heavy atom. The fourth-order valence-electron chi connectivity index (χ4n) is 2.53. The zero-order valence-electron chi connectivity index (χ0n) is 11.1. The van der Waals surface area contributed by atoms with Crippen LogP contribution in [0.5, 0.6) is 5.75 Å². The van der Waals surface area contributed by atoms with E-state index in [0.29, 0.717) is 0 Å². The highest BCUT2D eigenvalue weighted by molar-refractivity contribution is 9.10. The van der Waals surface area contributed by atoms with E-state index in [2.05, 4.69) is 39.6 Å². The molecule has 1 aliphatic rings. The number of halogens is 1. The first-order chi connectivity index (χ1) is 9.76. The van der Waals surface area contributed by atoms with Crippen molar-refractivity contribution in [3.8, 4) is 5.75 Å². The number of rotatable bonds is 5. The quantitative estimate of drug-likeness (QED) is 0.650. The average molecular weight is 337 g/mol. The van der Waals surface area contributed by atoms with Gasteiger partial charge in [-0.2, -0.15) is 0 Å². The molecule has 2 heterocycles. The van der Waals surface area contributed by atoms with Crippen LogP contribution in [0.2, 0.25) is 0 Å². The largest absolute Gasteiger partial charge is 0.493 e. The molecule has 5 heteroatoms. The van der Waals surface area contributed by atoms with Crippen LogP contribution in [0.15, 0.2) is 39.4 Å².